The maximum atomic E-state index is 14.0. The molecule has 0 unspecified atom stereocenters. The molecule has 0 aliphatic heterocycles. The van der Waals surface area contributed by atoms with E-state index in [4.69, 9.17) is 5.73 Å². The van der Waals surface area contributed by atoms with Crippen molar-refractivity contribution in [2.24, 2.45) is 0 Å². The molecular formula is C22H21F2N. The van der Waals surface area contributed by atoms with Crippen LogP contribution in [0.15, 0.2) is 60.7 Å². The van der Waals surface area contributed by atoms with E-state index in [0.29, 0.717) is 5.56 Å². The Balaban J connectivity index is 1.85. The molecule has 0 aliphatic carbocycles. The standard InChI is InChI=1S/C22H21F2N/c1-2-3-4-15-5-7-16(8-6-15)17-9-11-18(12-10-17)22-20(23)13-19(25)14-21(22)24/h5-14H,2-4,25H2,1H3. The van der Waals surface area contributed by atoms with Gasteiger partial charge in [-0.2, -0.15) is 0 Å². The molecule has 2 N–H and O–H groups in total. The third-order valence-electron chi connectivity index (χ3n) is 4.34. The maximum Gasteiger partial charge on any atom is 0.136 e. The smallest absolute Gasteiger partial charge is 0.136 e. The molecule has 1 nitrogen and oxygen atoms in total. The summed E-state index contributed by atoms with van der Waals surface area (Å²) in [4.78, 5) is 0. The Hall–Kier alpha value is -2.68. The van der Waals surface area contributed by atoms with E-state index in [2.05, 4.69) is 31.2 Å². The number of nitrogens with two attached hydrogens (primary N) is 1. The number of hydrogen-bond acceptors (Lipinski definition) is 1. The molecule has 3 aromatic rings. The van der Waals surface area contributed by atoms with Gasteiger partial charge in [-0.05, 0) is 47.2 Å². The van der Waals surface area contributed by atoms with E-state index in [1.165, 1.54) is 18.4 Å². The molecular weight excluding hydrogens is 316 g/mol. The molecule has 0 atom stereocenters. The Morgan fingerprint density at radius 2 is 1.24 bits per heavy atom. The zero-order chi connectivity index (χ0) is 17.8. The van der Waals surface area contributed by atoms with Gasteiger partial charge < -0.3 is 5.73 Å². The van der Waals surface area contributed by atoms with Crippen LogP contribution < -0.4 is 5.73 Å². The Kier molecular flexibility index (Phi) is 5.13. The largest absolute Gasteiger partial charge is 0.399 e. The monoisotopic (exact) mass is 337 g/mol. The van der Waals surface area contributed by atoms with Gasteiger partial charge in [0.05, 0.1) is 5.56 Å². The van der Waals surface area contributed by atoms with Crippen molar-refractivity contribution in [1.82, 2.24) is 0 Å². The van der Waals surface area contributed by atoms with Crippen molar-refractivity contribution in [2.45, 2.75) is 26.2 Å². The van der Waals surface area contributed by atoms with E-state index in [1.54, 1.807) is 12.1 Å². The number of halogens is 2. The summed E-state index contributed by atoms with van der Waals surface area (Å²) in [5.41, 5.74) is 9.43. The molecule has 3 heteroatoms. The fourth-order valence-electron chi connectivity index (χ4n) is 2.94. The molecule has 0 aliphatic rings. The lowest BCUT2D eigenvalue weighted by Gasteiger charge is -2.09. The molecule has 3 rings (SSSR count). The summed E-state index contributed by atoms with van der Waals surface area (Å²) in [5.74, 6) is -1.30. The Morgan fingerprint density at radius 1 is 0.760 bits per heavy atom. The molecule has 0 radical (unpaired) electrons. The SMILES string of the molecule is CCCCc1ccc(-c2ccc(-c3c(F)cc(N)cc3F)cc2)cc1. The second-order valence-electron chi connectivity index (χ2n) is 6.24. The summed E-state index contributed by atoms with van der Waals surface area (Å²) in [7, 11) is 0. The highest BCUT2D eigenvalue weighted by Crippen LogP contribution is 2.30. The van der Waals surface area contributed by atoms with Crippen LogP contribution in [-0.4, -0.2) is 0 Å². The minimum absolute atomic E-state index is 0.0457. The lowest BCUT2D eigenvalue weighted by Crippen LogP contribution is -1.94. The number of anilines is 1. The van der Waals surface area contributed by atoms with Crippen LogP contribution >= 0.6 is 0 Å². The molecule has 128 valence electrons. The van der Waals surface area contributed by atoms with E-state index >= 15 is 0 Å². The minimum atomic E-state index is -0.648. The fourth-order valence-corrected chi connectivity index (χ4v) is 2.94. The molecule has 3 aromatic carbocycles. The van der Waals surface area contributed by atoms with Crippen LogP contribution in [0.4, 0.5) is 14.5 Å². The zero-order valence-corrected chi connectivity index (χ0v) is 14.2. The van der Waals surface area contributed by atoms with Gasteiger partial charge in [0.1, 0.15) is 11.6 Å². The number of unbranched alkanes of at least 4 members (excludes halogenated alkanes) is 1. The van der Waals surface area contributed by atoms with Gasteiger partial charge in [0, 0.05) is 5.69 Å². The topological polar surface area (TPSA) is 26.0 Å². The molecule has 0 saturated carbocycles. The van der Waals surface area contributed by atoms with E-state index < -0.39 is 11.6 Å². The molecule has 25 heavy (non-hydrogen) atoms. The van der Waals surface area contributed by atoms with Crippen LogP contribution in [0, 0.1) is 11.6 Å². The van der Waals surface area contributed by atoms with Crippen LogP contribution in [0.3, 0.4) is 0 Å². The van der Waals surface area contributed by atoms with E-state index in [0.717, 1.165) is 29.7 Å². The first kappa shape index (κ1) is 17.2. The van der Waals surface area contributed by atoms with Crippen molar-refractivity contribution >= 4 is 5.69 Å². The number of nitrogen functional groups attached to an aromatic ring is 1. The van der Waals surface area contributed by atoms with E-state index in [9.17, 15) is 8.78 Å². The number of rotatable bonds is 5. The lowest BCUT2D eigenvalue weighted by molar-refractivity contribution is 0.591. The van der Waals surface area contributed by atoms with Gasteiger partial charge >= 0.3 is 0 Å². The Labute approximate surface area is 147 Å². The van der Waals surface area contributed by atoms with E-state index in [1.807, 2.05) is 12.1 Å². The van der Waals surface area contributed by atoms with Crippen LogP contribution in [0.25, 0.3) is 22.3 Å². The van der Waals surface area contributed by atoms with Crippen LogP contribution in [0.1, 0.15) is 25.3 Å². The molecule has 0 spiro atoms. The number of hydrogen-bond donors (Lipinski definition) is 1. The predicted molar refractivity (Wildman–Crippen MR) is 100 cm³/mol. The summed E-state index contributed by atoms with van der Waals surface area (Å²) in [6.45, 7) is 2.18. The number of benzene rings is 3. The molecule has 0 saturated heterocycles. The van der Waals surface area contributed by atoms with Crippen LogP contribution in [-0.2, 0) is 6.42 Å². The number of aryl methyl sites for hydroxylation is 1. The average Bonchev–Trinajstić information content (AvgIpc) is 2.60. The highest BCUT2D eigenvalue weighted by molar-refractivity contribution is 5.72. The van der Waals surface area contributed by atoms with Gasteiger partial charge in [-0.3, -0.25) is 0 Å². The quantitative estimate of drug-likeness (QED) is 0.549. The zero-order valence-electron chi connectivity index (χ0n) is 14.2. The Bertz CT molecular complexity index is 829. The molecule has 0 amide bonds. The summed E-state index contributed by atoms with van der Waals surface area (Å²) >= 11 is 0. The molecule has 0 fully saturated rings. The second kappa shape index (κ2) is 7.47. The summed E-state index contributed by atoms with van der Waals surface area (Å²) in [5, 5.41) is 0. The highest BCUT2D eigenvalue weighted by atomic mass is 19.1. The first-order valence-corrected chi connectivity index (χ1v) is 8.52. The summed E-state index contributed by atoms with van der Waals surface area (Å²) in [6, 6.07) is 18.0. The maximum absolute atomic E-state index is 14.0. The van der Waals surface area contributed by atoms with Crippen molar-refractivity contribution in [2.75, 3.05) is 5.73 Å². The Morgan fingerprint density at radius 3 is 1.76 bits per heavy atom. The lowest BCUT2D eigenvalue weighted by atomic mass is 9.98. The van der Waals surface area contributed by atoms with Gasteiger partial charge in [0.2, 0.25) is 0 Å². The first-order valence-electron chi connectivity index (χ1n) is 8.52. The van der Waals surface area contributed by atoms with Gasteiger partial charge in [0.15, 0.2) is 0 Å². The van der Waals surface area contributed by atoms with Gasteiger partial charge in [-0.1, -0.05) is 61.9 Å². The molecule has 0 bridgehead atoms. The second-order valence-corrected chi connectivity index (χ2v) is 6.24. The summed E-state index contributed by atoms with van der Waals surface area (Å²) in [6.07, 6.45) is 3.46. The van der Waals surface area contributed by atoms with Crippen molar-refractivity contribution in [3.63, 3.8) is 0 Å². The normalized spacial score (nSPS) is 10.8. The predicted octanol–water partition coefficient (Wildman–Crippen LogP) is 6.22. The van der Waals surface area contributed by atoms with Crippen molar-refractivity contribution in [1.29, 1.82) is 0 Å². The van der Waals surface area contributed by atoms with Crippen LogP contribution in [0.5, 0.6) is 0 Å². The summed E-state index contributed by atoms with van der Waals surface area (Å²) < 4.78 is 28.1. The van der Waals surface area contributed by atoms with Gasteiger partial charge in [-0.25, -0.2) is 8.78 Å². The van der Waals surface area contributed by atoms with Crippen molar-refractivity contribution in [3.8, 4) is 22.3 Å². The van der Waals surface area contributed by atoms with Gasteiger partial charge in [-0.15, -0.1) is 0 Å². The fraction of sp³-hybridized carbons (Fsp3) is 0.182. The third-order valence-corrected chi connectivity index (χ3v) is 4.34. The first-order chi connectivity index (χ1) is 12.1. The van der Waals surface area contributed by atoms with Crippen molar-refractivity contribution in [3.05, 3.63) is 77.9 Å². The van der Waals surface area contributed by atoms with Crippen LogP contribution in [0.2, 0.25) is 0 Å². The average molecular weight is 337 g/mol. The minimum Gasteiger partial charge on any atom is -0.399 e. The molecule has 0 heterocycles. The molecule has 0 aromatic heterocycles. The van der Waals surface area contributed by atoms with Gasteiger partial charge in [0.25, 0.3) is 0 Å². The third kappa shape index (κ3) is 3.87. The van der Waals surface area contributed by atoms with E-state index in [-0.39, 0.29) is 11.3 Å². The highest BCUT2D eigenvalue weighted by Gasteiger charge is 2.12. The van der Waals surface area contributed by atoms with Crippen molar-refractivity contribution < 1.29 is 8.78 Å².